The number of aliphatic hydroxyl groups is 1. The summed E-state index contributed by atoms with van der Waals surface area (Å²) in [6.07, 6.45) is 11.8. The topological polar surface area (TPSA) is 20.2 Å². The van der Waals surface area contributed by atoms with E-state index in [2.05, 4.69) is 46.8 Å². The van der Waals surface area contributed by atoms with E-state index in [1.54, 1.807) is 5.57 Å². The Bertz CT molecular complexity index is 498. The molecule has 1 nitrogen and oxygen atoms in total. The third kappa shape index (κ3) is 2.07. The van der Waals surface area contributed by atoms with Crippen molar-refractivity contribution < 1.29 is 5.11 Å². The van der Waals surface area contributed by atoms with Crippen LogP contribution in [0.1, 0.15) is 73.1 Å². The normalized spacial score (nSPS) is 45.8. The first kappa shape index (κ1) is 15.3. The van der Waals surface area contributed by atoms with Crippen LogP contribution in [0.25, 0.3) is 0 Å². The zero-order valence-corrected chi connectivity index (χ0v) is 14.5. The van der Waals surface area contributed by atoms with Crippen LogP contribution >= 0.6 is 0 Å². The second-order valence-corrected chi connectivity index (χ2v) is 8.83. The van der Waals surface area contributed by atoms with Gasteiger partial charge in [0.05, 0.1) is 5.60 Å². The van der Waals surface area contributed by atoms with Gasteiger partial charge in [-0.15, -0.1) is 0 Å². The van der Waals surface area contributed by atoms with E-state index in [-0.39, 0.29) is 5.41 Å². The lowest BCUT2D eigenvalue weighted by atomic mass is 9.50. The van der Waals surface area contributed by atoms with E-state index in [4.69, 9.17) is 0 Å². The summed E-state index contributed by atoms with van der Waals surface area (Å²) in [4.78, 5) is 0. The fraction of sp³-hybridized carbons (Fsp3) is 0.800. The molecule has 0 amide bonds. The van der Waals surface area contributed by atoms with E-state index < -0.39 is 5.60 Å². The maximum atomic E-state index is 11.5. The summed E-state index contributed by atoms with van der Waals surface area (Å²) >= 11 is 0. The van der Waals surface area contributed by atoms with Gasteiger partial charge in [-0.3, -0.25) is 0 Å². The summed E-state index contributed by atoms with van der Waals surface area (Å²) in [7, 11) is 0. The first-order valence-corrected chi connectivity index (χ1v) is 8.77. The van der Waals surface area contributed by atoms with Gasteiger partial charge in [0.1, 0.15) is 0 Å². The highest BCUT2D eigenvalue weighted by atomic mass is 16.3. The minimum absolute atomic E-state index is 0.00904. The summed E-state index contributed by atoms with van der Waals surface area (Å²) in [5.74, 6) is 1.31. The summed E-state index contributed by atoms with van der Waals surface area (Å²) in [6, 6.07) is 0. The lowest BCUT2D eigenvalue weighted by Gasteiger charge is -2.57. The fourth-order valence-corrected chi connectivity index (χ4v) is 5.55. The Balaban J connectivity index is 2.05. The molecule has 0 aromatic rings. The van der Waals surface area contributed by atoms with Crippen molar-refractivity contribution in [3.63, 3.8) is 0 Å². The van der Waals surface area contributed by atoms with Crippen molar-refractivity contribution >= 4 is 0 Å². The summed E-state index contributed by atoms with van der Waals surface area (Å²) in [5, 5.41) is 11.5. The molecule has 3 aliphatic carbocycles. The second kappa shape index (κ2) is 4.72. The monoisotopic (exact) mass is 288 g/mol. The van der Waals surface area contributed by atoms with E-state index in [1.807, 2.05) is 0 Å². The van der Waals surface area contributed by atoms with E-state index in [0.717, 1.165) is 19.3 Å². The Hall–Kier alpha value is -0.560. The molecule has 1 saturated carbocycles. The summed E-state index contributed by atoms with van der Waals surface area (Å²) in [5.41, 5.74) is 2.60. The van der Waals surface area contributed by atoms with Crippen LogP contribution in [-0.4, -0.2) is 10.7 Å². The molecule has 3 rings (SSSR count). The molecule has 0 aromatic heterocycles. The minimum Gasteiger partial charge on any atom is -0.385 e. The molecule has 118 valence electrons. The van der Waals surface area contributed by atoms with Gasteiger partial charge < -0.3 is 5.11 Å². The molecule has 1 fully saturated rings. The molecule has 0 aliphatic heterocycles. The van der Waals surface area contributed by atoms with Gasteiger partial charge in [0.15, 0.2) is 0 Å². The van der Waals surface area contributed by atoms with Gasteiger partial charge in [-0.25, -0.2) is 0 Å². The quantitative estimate of drug-likeness (QED) is 0.603. The lowest BCUT2D eigenvalue weighted by molar-refractivity contribution is -0.111. The van der Waals surface area contributed by atoms with Crippen molar-refractivity contribution in [2.75, 3.05) is 0 Å². The van der Waals surface area contributed by atoms with Crippen LogP contribution in [-0.2, 0) is 0 Å². The average molecular weight is 288 g/mol. The molecule has 2 bridgehead atoms. The summed E-state index contributed by atoms with van der Waals surface area (Å²) in [6.45, 7) is 11.6. The zero-order valence-electron chi connectivity index (χ0n) is 14.5. The third-order valence-corrected chi connectivity index (χ3v) is 7.60. The SMILES string of the molecule is CC1=CCC[C@@]2(C)CCC3(O)C(C)=CCC(CC12)C3(C)C. The van der Waals surface area contributed by atoms with Gasteiger partial charge in [-0.05, 0) is 75.2 Å². The zero-order chi connectivity index (χ0) is 15.5. The number of allylic oxidation sites excluding steroid dienone is 3. The average Bonchev–Trinajstić information content (AvgIpc) is 2.41. The molecule has 0 aromatic carbocycles. The lowest BCUT2D eigenvalue weighted by Crippen LogP contribution is -2.55. The highest BCUT2D eigenvalue weighted by Crippen LogP contribution is 2.59. The minimum atomic E-state index is -0.598. The summed E-state index contributed by atoms with van der Waals surface area (Å²) < 4.78 is 0. The maximum absolute atomic E-state index is 11.5. The first-order chi connectivity index (χ1) is 9.71. The van der Waals surface area contributed by atoms with Crippen LogP contribution in [0.4, 0.5) is 0 Å². The molecular weight excluding hydrogens is 256 g/mol. The van der Waals surface area contributed by atoms with Gasteiger partial charge in [-0.2, -0.15) is 0 Å². The van der Waals surface area contributed by atoms with Crippen LogP contribution < -0.4 is 0 Å². The van der Waals surface area contributed by atoms with Crippen LogP contribution in [0.15, 0.2) is 23.3 Å². The van der Waals surface area contributed by atoms with Crippen molar-refractivity contribution in [2.45, 2.75) is 78.7 Å². The van der Waals surface area contributed by atoms with Gasteiger partial charge in [0, 0.05) is 5.41 Å². The molecule has 0 saturated heterocycles. The van der Waals surface area contributed by atoms with Crippen LogP contribution in [0.5, 0.6) is 0 Å². The first-order valence-electron chi connectivity index (χ1n) is 8.77. The Morgan fingerprint density at radius 3 is 2.48 bits per heavy atom. The highest BCUT2D eigenvalue weighted by molar-refractivity contribution is 5.27. The van der Waals surface area contributed by atoms with Crippen LogP contribution in [0.2, 0.25) is 0 Å². The van der Waals surface area contributed by atoms with E-state index in [0.29, 0.717) is 17.3 Å². The van der Waals surface area contributed by atoms with Gasteiger partial charge >= 0.3 is 0 Å². The maximum Gasteiger partial charge on any atom is 0.0907 e. The highest BCUT2D eigenvalue weighted by Gasteiger charge is 2.55. The Morgan fingerprint density at radius 2 is 1.76 bits per heavy atom. The van der Waals surface area contributed by atoms with Crippen molar-refractivity contribution in [3.8, 4) is 0 Å². The van der Waals surface area contributed by atoms with Gasteiger partial charge in [-0.1, -0.05) is 38.5 Å². The third-order valence-electron chi connectivity index (χ3n) is 7.60. The number of fused-ring (bicyclic) bond motifs is 3. The Kier molecular flexibility index (Phi) is 3.44. The molecule has 1 heteroatoms. The second-order valence-electron chi connectivity index (χ2n) is 8.83. The van der Waals surface area contributed by atoms with Crippen molar-refractivity contribution in [1.29, 1.82) is 0 Å². The molecule has 0 radical (unpaired) electrons. The molecule has 0 spiro atoms. The predicted octanol–water partition coefficient (Wildman–Crippen LogP) is 5.26. The van der Waals surface area contributed by atoms with Gasteiger partial charge in [0.25, 0.3) is 0 Å². The number of rotatable bonds is 0. The van der Waals surface area contributed by atoms with Crippen molar-refractivity contribution in [1.82, 2.24) is 0 Å². The molecule has 21 heavy (non-hydrogen) atoms. The van der Waals surface area contributed by atoms with Crippen molar-refractivity contribution in [2.24, 2.45) is 22.7 Å². The van der Waals surface area contributed by atoms with Crippen LogP contribution in [0.3, 0.4) is 0 Å². The standard InChI is InChI=1S/C20H32O/c1-14-7-6-10-19(5)11-12-20(21)15(2)8-9-16(13-17(14)19)18(20,3)4/h7-8,16-17,21H,6,9-13H2,1-5H3/t16?,17?,19-,20?/m0/s1. The van der Waals surface area contributed by atoms with Gasteiger partial charge in [0.2, 0.25) is 0 Å². The predicted molar refractivity (Wildman–Crippen MR) is 89.0 cm³/mol. The fourth-order valence-electron chi connectivity index (χ4n) is 5.55. The number of hydrogen-bond donors (Lipinski definition) is 1. The largest absolute Gasteiger partial charge is 0.385 e. The Morgan fingerprint density at radius 1 is 1.05 bits per heavy atom. The van der Waals surface area contributed by atoms with E-state index in [1.165, 1.54) is 24.8 Å². The molecule has 3 unspecified atom stereocenters. The molecule has 3 aliphatic rings. The Labute approximate surface area is 130 Å². The molecule has 0 heterocycles. The van der Waals surface area contributed by atoms with Crippen LogP contribution in [0, 0.1) is 22.7 Å². The van der Waals surface area contributed by atoms with Crippen molar-refractivity contribution in [3.05, 3.63) is 23.3 Å². The van der Waals surface area contributed by atoms with E-state index >= 15 is 0 Å². The molecular formula is C20H32O. The molecule has 4 atom stereocenters. The smallest absolute Gasteiger partial charge is 0.0907 e. The molecule has 1 N–H and O–H groups in total. The van der Waals surface area contributed by atoms with E-state index in [9.17, 15) is 5.11 Å². The number of hydrogen-bond acceptors (Lipinski definition) is 1.